The Morgan fingerprint density at radius 3 is 2.44 bits per heavy atom. The molecule has 11 heterocycles. The number of ether oxygens (including phenoxy) is 5. The predicted octanol–water partition coefficient (Wildman–Crippen LogP) is 3.83. The number of carbonyl (C=O) groups excluding carboxylic acids is 4. The van der Waals surface area contributed by atoms with Crippen molar-refractivity contribution in [1.82, 2.24) is 44.9 Å². The number of likely N-dealkylation sites (tertiary alicyclic amines) is 1. The third-order valence-corrected chi connectivity index (χ3v) is 20.4. The van der Waals surface area contributed by atoms with Crippen molar-refractivity contribution in [3.8, 4) is 11.3 Å². The summed E-state index contributed by atoms with van der Waals surface area (Å²) in [7, 11) is 1.75. The summed E-state index contributed by atoms with van der Waals surface area (Å²) in [5, 5.41) is 6.09. The number of aromatic nitrogens is 2. The van der Waals surface area contributed by atoms with Crippen LogP contribution in [0.5, 0.6) is 0 Å². The summed E-state index contributed by atoms with van der Waals surface area (Å²) in [5.41, 5.74) is 9.77. The van der Waals surface area contributed by atoms with Crippen molar-refractivity contribution in [1.29, 1.82) is 0 Å². The van der Waals surface area contributed by atoms with Crippen molar-refractivity contribution >= 4 is 46.0 Å². The number of hydrogen-bond donors (Lipinski definition) is 2. The number of amides is 3. The molecule has 440 valence electrons. The zero-order valence-electron chi connectivity index (χ0n) is 48.7. The number of fused-ring (bicyclic) bond motifs is 7. The Labute approximate surface area is 477 Å². The minimum absolute atomic E-state index is 0.00395. The maximum Gasteiger partial charge on any atom is 0.324 e. The third-order valence-electron chi connectivity index (χ3n) is 20.4. The Balaban J connectivity index is 0.897. The second kappa shape index (κ2) is 22.2. The van der Waals surface area contributed by atoms with Crippen LogP contribution < -0.4 is 20.5 Å². The van der Waals surface area contributed by atoms with Crippen LogP contribution in [0.2, 0.25) is 0 Å². The lowest BCUT2D eigenvalue weighted by Gasteiger charge is -2.59. The van der Waals surface area contributed by atoms with Gasteiger partial charge >= 0.3 is 5.97 Å². The molecule has 9 fully saturated rings. The number of methoxy groups -OCH3 is 1. The molecule has 8 bridgehead atoms. The van der Waals surface area contributed by atoms with E-state index in [4.69, 9.17) is 28.7 Å². The first kappa shape index (κ1) is 55.3. The first-order chi connectivity index (χ1) is 39.2. The van der Waals surface area contributed by atoms with Gasteiger partial charge in [-0.3, -0.25) is 43.9 Å². The van der Waals surface area contributed by atoms with Crippen LogP contribution in [-0.4, -0.2) is 224 Å². The SMILES string of the molecule is CCn1c(-c2cc(N3CCN(C4CC4)CC3)cnc2[C@H](C)OC)c2c3cc(ccc31)N1CCO[C@H](C1)[C@@H](N1CCOCC1)[C@H](NC(=O)[C@@H]1C(C)C3CN(C4COC4)C[C@@]4(CCC(=O)N14)C3)C(=O)N1CCC[C@H](N1)C(=O)OCC(C)(C)C2. The number of hydrogen-bond acceptors (Lipinski definition) is 16. The molecule has 0 radical (unpaired) electrons. The van der Waals surface area contributed by atoms with Crippen molar-refractivity contribution in [3.63, 3.8) is 0 Å². The molecule has 1 aliphatic carbocycles. The summed E-state index contributed by atoms with van der Waals surface area (Å²) < 4.78 is 33.4. The quantitative estimate of drug-likeness (QED) is 0.280. The molecule has 9 aliphatic heterocycles. The van der Waals surface area contributed by atoms with Crippen LogP contribution in [0, 0.1) is 17.3 Å². The number of hydrazine groups is 1. The van der Waals surface area contributed by atoms with Crippen molar-refractivity contribution in [2.24, 2.45) is 17.3 Å². The number of esters is 1. The van der Waals surface area contributed by atoms with Gasteiger partial charge in [-0.2, -0.15) is 0 Å². The standard InChI is InChI=1S/C61H87N11O9/c1-7-70-49-13-12-42-27-45(49)47(55(70)46-28-43(31-62-52(46)39(3)77-6)66-19-17-65(18-20-66)41-10-11-41)30-60(4,5)37-81-59(76)48-9-8-16-71(64-48)58(75)53(56(67-21-24-78-25-22-67)50-33-68(42)23-26-80-50)63-57(74)54-38(2)40-29-61(15-14-51(73)72(54)61)36-69(32-40)44-34-79-35-44/h12-13,27-28,31,38-41,44,48,50,53-54,56,64H,7-11,14-26,29-30,32-37H2,1-6H3,(H,63,74)/t38?,39-,40?,48-,50+,53-,54-,56+,61+/m0/s1. The van der Waals surface area contributed by atoms with Gasteiger partial charge in [0, 0.05) is 126 Å². The minimum Gasteiger partial charge on any atom is -0.464 e. The summed E-state index contributed by atoms with van der Waals surface area (Å²) in [6, 6.07) is 6.90. The first-order valence-corrected chi connectivity index (χ1v) is 30.8. The number of nitrogens with one attached hydrogen (secondary N) is 2. The summed E-state index contributed by atoms with van der Waals surface area (Å²) >= 11 is 0. The van der Waals surface area contributed by atoms with Crippen LogP contribution in [-0.2, 0) is 55.8 Å². The number of rotatable bonds is 10. The van der Waals surface area contributed by atoms with Gasteiger partial charge in [-0.25, -0.2) is 5.43 Å². The van der Waals surface area contributed by atoms with E-state index in [-0.39, 0.29) is 42.3 Å². The van der Waals surface area contributed by atoms with Crippen LogP contribution in [0.25, 0.3) is 22.2 Å². The largest absolute Gasteiger partial charge is 0.464 e. The van der Waals surface area contributed by atoms with Gasteiger partial charge in [-0.1, -0.05) is 20.8 Å². The number of pyridine rings is 1. The summed E-state index contributed by atoms with van der Waals surface area (Å²) in [6.07, 6.45) is 7.40. The van der Waals surface area contributed by atoms with Crippen LogP contribution in [0.1, 0.15) is 96.9 Å². The molecule has 81 heavy (non-hydrogen) atoms. The van der Waals surface area contributed by atoms with Crippen LogP contribution in [0.4, 0.5) is 11.4 Å². The maximum absolute atomic E-state index is 15.8. The number of anilines is 2. The molecular formula is C61H87N11O9. The van der Waals surface area contributed by atoms with Crippen LogP contribution >= 0.6 is 0 Å². The molecule has 1 spiro atoms. The molecule has 3 aromatic rings. The summed E-state index contributed by atoms with van der Waals surface area (Å²) in [5.74, 6) is -1.07. The molecular weight excluding hydrogens is 1030 g/mol. The van der Waals surface area contributed by atoms with Gasteiger partial charge < -0.3 is 48.3 Å². The van der Waals surface area contributed by atoms with Crippen LogP contribution in [0.3, 0.4) is 0 Å². The molecule has 1 aromatic carbocycles. The highest BCUT2D eigenvalue weighted by Crippen LogP contribution is 2.50. The average Bonchev–Trinajstić information content (AvgIpc) is 4.36. The number of aryl methyl sites for hydroxylation is 1. The molecule has 8 saturated heterocycles. The molecule has 20 heteroatoms. The molecule has 2 aromatic heterocycles. The van der Waals surface area contributed by atoms with Gasteiger partial charge in [0.25, 0.3) is 5.91 Å². The Morgan fingerprint density at radius 2 is 1.70 bits per heavy atom. The van der Waals surface area contributed by atoms with Crippen molar-refractivity contribution < 1.29 is 42.9 Å². The van der Waals surface area contributed by atoms with Gasteiger partial charge in [0.05, 0.1) is 92.7 Å². The highest BCUT2D eigenvalue weighted by atomic mass is 16.5. The van der Waals surface area contributed by atoms with Crippen molar-refractivity contribution in [2.75, 3.05) is 129 Å². The lowest BCUT2D eigenvalue weighted by molar-refractivity contribution is -0.169. The molecule has 9 atom stereocenters. The van der Waals surface area contributed by atoms with Crippen LogP contribution in [0.15, 0.2) is 30.5 Å². The van der Waals surface area contributed by atoms with E-state index >= 15 is 9.59 Å². The third kappa shape index (κ3) is 10.3. The zero-order chi connectivity index (χ0) is 55.9. The Morgan fingerprint density at radius 1 is 0.901 bits per heavy atom. The highest BCUT2D eigenvalue weighted by molar-refractivity contribution is 5.96. The molecule has 3 amide bonds. The smallest absolute Gasteiger partial charge is 0.324 e. The monoisotopic (exact) mass is 1120 g/mol. The molecule has 13 rings (SSSR count). The second-order valence-corrected chi connectivity index (χ2v) is 26.2. The average molecular weight is 1120 g/mol. The normalized spacial score (nSPS) is 32.3. The summed E-state index contributed by atoms with van der Waals surface area (Å²) in [4.78, 5) is 79.8. The van der Waals surface area contributed by atoms with Gasteiger partial charge in [0.15, 0.2) is 0 Å². The molecule has 1 saturated carbocycles. The predicted molar refractivity (Wildman–Crippen MR) is 306 cm³/mol. The number of morpholine rings is 2. The van der Waals surface area contributed by atoms with E-state index < -0.39 is 47.2 Å². The lowest BCUT2D eigenvalue weighted by Crippen LogP contribution is -2.74. The number of piperazine rings is 1. The Bertz CT molecular complexity index is 2860. The fourth-order valence-corrected chi connectivity index (χ4v) is 15.8. The van der Waals surface area contributed by atoms with E-state index in [0.717, 1.165) is 90.0 Å². The fraction of sp³-hybridized carbons (Fsp3) is 0.721. The molecule has 20 nitrogen and oxygen atoms in total. The maximum atomic E-state index is 15.8. The number of nitrogens with zero attached hydrogens (tertiary/aromatic N) is 9. The van der Waals surface area contributed by atoms with Gasteiger partial charge in [-0.05, 0) is 100 Å². The fourth-order valence-electron chi connectivity index (χ4n) is 15.8. The van der Waals surface area contributed by atoms with E-state index in [2.05, 4.69) is 98.7 Å². The second-order valence-electron chi connectivity index (χ2n) is 26.2. The van der Waals surface area contributed by atoms with Gasteiger partial charge in [0.1, 0.15) is 18.1 Å². The molecule has 2 unspecified atom stereocenters. The lowest BCUT2D eigenvalue weighted by atomic mass is 9.68. The van der Waals surface area contributed by atoms with E-state index in [1.165, 1.54) is 12.8 Å². The van der Waals surface area contributed by atoms with E-state index in [9.17, 15) is 9.59 Å². The number of carbonyl (C=O) groups is 4. The minimum atomic E-state index is -1.11. The number of benzene rings is 1. The number of piperidine rings is 2. The Hall–Kier alpha value is -4.93. The summed E-state index contributed by atoms with van der Waals surface area (Å²) in [6.45, 7) is 22.3. The Kier molecular flexibility index (Phi) is 15.2. The van der Waals surface area contributed by atoms with Gasteiger partial charge in [0.2, 0.25) is 11.8 Å². The van der Waals surface area contributed by atoms with E-state index in [1.54, 1.807) is 12.1 Å². The molecule has 2 N–H and O–H groups in total. The molecule has 10 aliphatic rings. The topological polar surface area (TPSA) is 179 Å². The van der Waals surface area contributed by atoms with E-state index in [1.807, 2.05) is 11.1 Å². The van der Waals surface area contributed by atoms with Crippen molar-refractivity contribution in [2.45, 2.75) is 147 Å². The van der Waals surface area contributed by atoms with E-state index in [0.29, 0.717) is 117 Å². The number of cyclic esters (lactones) is 1. The van der Waals surface area contributed by atoms with Crippen molar-refractivity contribution in [3.05, 3.63) is 41.7 Å². The van der Waals surface area contributed by atoms with Gasteiger partial charge in [-0.15, -0.1) is 0 Å². The highest BCUT2D eigenvalue weighted by Gasteiger charge is 2.61. The first-order valence-electron chi connectivity index (χ1n) is 30.8. The zero-order valence-corrected chi connectivity index (χ0v) is 48.7.